The third-order valence-electron chi connectivity index (χ3n) is 4.68. The molecule has 2 aromatic carbocycles. The van der Waals surface area contributed by atoms with E-state index in [4.69, 9.17) is 16.3 Å². The SMILES string of the molecule is COC(=O)c1c(C[NH+](C)CC(=O)Nc2ccc(Cl)cc2)nc2ccccc2c1C. The van der Waals surface area contributed by atoms with Crippen LogP contribution < -0.4 is 10.2 Å². The van der Waals surface area contributed by atoms with Crippen LogP contribution in [0.15, 0.2) is 48.5 Å². The van der Waals surface area contributed by atoms with Crippen molar-refractivity contribution in [3.63, 3.8) is 0 Å². The number of quaternary nitrogens is 1. The Kier molecular flexibility index (Phi) is 6.46. The van der Waals surface area contributed by atoms with Gasteiger partial charge in [0, 0.05) is 16.1 Å². The Morgan fingerprint density at radius 1 is 1.14 bits per heavy atom. The molecule has 0 radical (unpaired) electrons. The van der Waals surface area contributed by atoms with Crippen LogP contribution in [-0.4, -0.2) is 37.6 Å². The average molecular weight is 413 g/mol. The Morgan fingerprint density at radius 2 is 1.83 bits per heavy atom. The van der Waals surface area contributed by atoms with E-state index in [-0.39, 0.29) is 12.5 Å². The molecule has 3 rings (SSSR count). The Bertz CT molecular complexity index is 1050. The molecule has 7 heteroatoms. The maximum Gasteiger partial charge on any atom is 0.340 e. The minimum Gasteiger partial charge on any atom is -0.465 e. The molecule has 0 aliphatic heterocycles. The van der Waals surface area contributed by atoms with Gasteiger partial charge in [-0.3, -0.25) is 4.79 Å². The largest absolute Gasteiger partial charge is 0.465 e. The van der Waals surface area contributed by atoms with Gasteiger partial charge in [0.2, 0.25) is 0 Å². The summed E-state index contributed by atoms with van der Waals surface area (Å²) >= 11 is 5.87. The van der Waals surface area contributed by atoms with E-state index in [2.05, 4.69) is 10.3 Å². The minimum atomic E-state index is -0.422. The second kappa shape index (κ2) is 9.03. The molecular formula is C22H23ClN3O3+. The highest BCUT2D eigenvalue weighted by Gasteiger charge is 2.22. The van der Waals surface area contributed by atoms with Crippen LogP contribution in [0.1, 0.15) is 21.6 Å². The number of aryl methyl sites for hydroxylation is 1. The maximum atomic E-state index is 12.4. The monoisotopic (exact) mass is 412 g/mol. The first kappa shape index (κ1) is 20.8. The lowest BCUT2D eigenvalue weighted by Gasteiger charge is -2.17. The molecule has 150 valence electrons. The number of nitrogens with zero attached hydrogens (tertiary/aromatic N) is 1. The number of anilines is 1. The number of para-hydroxylation sites is 1. The van der Waals surface area contributed by atoms with Crippen LogP contribution >= 0.6 is 11.6 Å². The summed E-state index contributed by atoms with van der Waals surface area (Å²) in [6.07, 6.45) is 0. The molecule has 1 unspecified atom stereocenters. The Hall–Kier alpha value is -2.96. The van der Waals surface area contributed by atoms with E-state index < -0.39 is 5.97 Å². The number of likely N-dealkylation sites (N-methyl/N-ethyl adjacent to an activating group) is 1. The Labute approximate surface area is 174 Å². The molecule has 1 amide bonds. The van der Waals surface area contributed by atoms with Crippen molar-refractivity contribution in [2.24, 2.45) is 0 Å². The van der Waals surface area contributed by atoms with Crippen LogP contribution in [0.5, 0.6) is 0 Å². The van der Waals surface area contributed by atoms with Crippen LogP contribution in [0.3, 0.4) is 0 Å². The number of aromatic nitrogens is 1. The number of rotatable bonds is 6. The molecule has 29 heavy (non-hydrogen) atoms. The molecule has 6 nitrogen and oxygen atoms in total. The number of benzene rings is 2. The quantitative estimate of drug-likeness (QED) is 0.610. The highest BCUT2D eigenvalue weighted by Crippen LogP contribution is 2.23. The maximum absolute atomic E-state index is 12.4. The normalized spacial score (nSPS) is 11.9. The van der Waals surface area contributed by atoms with E-state index in [0.29, 0.717) is 28.5 Å². The van der Waals surface area contributed by atoms with E-state index in [1.165, 1.54) is 7.11 Å². The van der Waals surface area contributed by atoms with E-state index in [1.807, 2.05) is 38.2 Å². The van der Waals surface area contributed by atoms with Gasteiger partial charge in [0.05, 0.1) is 25.2 Å². The van der Waals surface area contributed by atoms with Crippen molar-refractivity contribution in [3.05, 3.63) is 70.4 Å². The van der Waals surface area contributed by atoms with Gasteiger partial charge < -0.3 is 15.0 Å². The number of hydrogen-bond acceptors (Lipinski definition) is 4. The number of amides is 1. The number of methoxy groups -OCH3 is 1. The number of ether oxygens (including phenoxy) is 1. The number of hydrogen-bond donors (Lipinski definition) is 2. The summed E-state index contributed by atoms with van der Waals surface area (Å²) in [7, 11) is 3.24. The second-order valence-corrected chi connectivity index (χ2v) is 7.37. The fourth-order valence-corrected chi connectivity index (χ4v) is 3.43. The molecule has 3 aromatic rings. The van der Waals surface area contributed by atoms with E-state index in [0.717, 1.165) is 21.4 Å². The average Bonchev–Trinajstić information content (AvgIpc) is 2.69. The molecule has 0 saturated carbocycles. The first-order valence-corrected chi connectivity index (χ1v) is 9.60. The minimum absolute atomic E-state index is 0.137. The number of nitrogens with one attached hydrogen (secondary N) is 2. The Morgan fingerprint density at radius 3 is 2.52 bits per heavy atom. The summed E-state index contributed by atoms with van der Waals surface area (Å²) in [4.78, 5) is 30.4. The lowest BCUT2D eigenvalue weighted by Crippen LogP contribution is -3.08. The van der Waals surface area contributed by atoms with Gasteiger partial charge in [0.15, 0.2) is 6.54 Å². The molecule has 0 saturated heterocycles. The van der Waals surface area contributed by atoms with Crippen LogP contribution in [-0.2, 0) is 16.1 Å². The number of pyridine rings is 1. The molecule has 1 aromatic heterocycles. The van der Waals surface area contributed by atoms with Crippen LogP contribution in [0, 0.1) is 6.92 Å². The molecule has 0 bridgehead atoms. The summed E-state index contributed by atoms with van der Waals surface area (Å²) in [6.45, 7) is 2.52. The topological polar surface area (TPSA) is 72.7 Å². The van der Waals surface area contributed by atoms with Crippen molar-refractivity contribution in [2.45, 2.75) is 13.5 Å². The Balaban J connectivity index is 1.80. The standard InChI is InChI=1S/C22H22ClN3O3/c1-14-17-6-4-5-7-18(17)25-19(21(14)22(28)29-3)12-26(2)13-20(27)24-16-10-8-15(23)9-11-16/h4-11H,12-13H2,1-3H3,(H,24,27)/p+1. The zero-order valence-electron chi connectivity index (χ0n) is 16.6. The van der Waals surface area contributed by atoms with E-state index >= 15 is 0 Å². The lowest BCUT2D eigenvalue weighted by molar-refractivity contribution is -0.885. The van der Waals surface area contributed by atoms with Gasteiger partial charge in [0.25, 0.3) is 5.91 Å². The number of carbonyl (C=O) groups is 2. The summed E-state index contributed by atoms with van der Waals surface area (Å²) in [5.41, 5.74) is 3.40. The highest BCUT2D eigenvalue weighted by molar-refractivity contribution is 6.30. The zero-order chi connectivity index (χ0) is 21.0. The van der Waals surface area contributed by atoms with Crippen LogP contribution in [0.25, 0.3) is 10.9 Å². The van der Waals surface area contributed by atoms with Gasteiger partial charge in [-0.2, -0.15) is 0 Å². The summed E-state index contributed by atoms with van der Waals surface area (Å²) < 4.78 is 4.98. The molecule has 0 spiro atoms. The van der Waals surface area contributed by atoms with Crippen LogP contribution in [0.2, 0.25) is 5.02 Å². The third kappa shape index (κ3) is 4.91. The van der Waals surface area contributed by atoms with Crippen molar-refractivity contribution >= 4 is 40.1 Å². The molecular weight excluding hydrogens is 390 g/mol. The van der Waals surface area contributed by atoms with Gasteiger partial charge in [-0.05, 0) is 42.8 Å². The molecule has 0 aliphatic carbocycles. The molecule has 0 fully saturated rings. The van der Waals surface area contributed by atoms with Gasteiger partial charge >= 0.3 is 5.97 Å². The van der Waals surface area contributed by atoms with Crippen molar-refractivity contribution < 1.29 is 19.2 Å². The van der Waals surface area contributed by atoms with Crippen LogP contribution in [0.4, 0.5) is 5.69 Å². The highest BCUT2D eigenvalue weighted by atomic mass is 35.5. The fourth-order valence-electron chi connectivity index (χ4n) is 3.30. The molecule has 1 atom stereocenters. The van der Waals surface area contributed by atoms with Crippen molar-refractivity contribution in [3.8, 4) is 0 Å². The predicted octanol–water partition coefficient (Wildman–Crippen LogP) is 2.64. The zero-order valence-corrected chi connectivity index (χ0v) is 17.3. The van der Waals surface area contributed by atoms with Gasteiger partial charge in [0.1, 0.15) is 12.2 Å². The number of esters is 1. The van der Waals surface area contributed by atoms with Crippen molar-refractivity contribution in [1.29, 1.82) is 0 Å². The second-order valence-electron chi connectivity index (χ2n) is 6.93. The van der Waals surface area contributed by atoms with Gasteiger partial charge in [-0.15, -0.1) is 0 Å². The molecule has 0 aliphatic rings. The molecule has 1 heterocycles. The predicted molar refractivity (Wildman–Crippen MR) is 113 cm³/mol. The summed E-state index contributed by atoms with van der Waals surface area (Å²) in [5, 5.41) is 4.37. The molecule has 2 N–H and O–H groups in total. The lowest BCUT2D eigenvalue weighted by atomic mass is 10.0. The third-order valence-corrected chi connectivity index (χ3v) is 4.93. The van der Waals surface area contributed by atoms with Gasteiger partial charge in [-0.25, -0.2) is 9.78 Å². The number of carbonyl (C=O) groups excluding carboxylic acids is 2. The first-order valence-electron chi connectivity index (χ1n) is 9.22. The number of halogens is 1. The first-order chi connectivity index (χ1) is 13.9. The van der Waals surface area contributed by atoms with Gasteiger partial charge in [-0.1, -0.05) is 29.8 Å². The van der Waals surface area contributed by atoms with E-state index in [1.54, 1.807) is 24.3 Å². The van der Waals surface area contributed by atoms with Crippen molar-refractivity contribution in [2.75, 3.05) is 26.0 Å². The smallest absolute Gasteiger partial charge is 0.340 e. The van der Waals surface area contributed by atoms with Crippen molar-refractivity contribution in [1.82, 2.24) is 4.98 Å². The number of fused-ring (bicyclic) bond motifs is 1. The van der Waals surface area contributed by atoms with E-state index in [9.17, 15) is 9.59 Å². The summed E-state index contributed by atoms with van der Waals surface area (Å²) in [5.74, 6) is -0.559. The fraction of sp³-hybridized carbons (Fsp3) is 0.227. The summed E-state index contributed by atoms with van der Waals surface area (Å²) in [6, 6.07) is 14.6.